The molecule has 1 saturated heterocycles. The molecule has 5 heteroatoms. The Morgan fingerprint density at radius 1 is 1.24 bits per heavy atom. The quantitative estimate of drug-likeness (QED) is 0.634. The zero-order valence-corrected chi connectivity index (χ0v) is 12.7. The molecule has 0 spiro atoms. The van der Waals surface area contributed by atoms with Crippen LogP contribution in [-0.4, -0.2) is 27.7 Å². The maximum absolute atomic E-state index is 12.3. The molecule has 0 bridgehead atoms. The van der Waals surface area contributed by atoms with E-state index in [2.05, 4.69) is 13.8 Å². The van der Waals surface area contributed by atoms with E-state index in [1.54, 1.807) is 0 Å². The third-order valence-electron chi connectivity index (χ3n) is 2.46. The van der Waals surface area contributed by atoms with Crippen molar-refractivity contribution in [2.24, 2.45) is 5.41 Å². The van der Waals surface area contributed by atoms with Gasteiger partial charge in [0.15, 0.2) is 0 Å². The molecule has 0 amide bonds. The van der Waals surface area contributed by atoms with E-state index in [1.807, 2.05) is 30.3 Å². The second kappa shape index (κ2) is 5.26. The third-order valence-corrected chi connectivity index (χ3v) is 8.62. The molecule has 2 rings (SSSR count). The summed E-state index contributed by atoms with van der Waals surface area (Å²) in [4.78, 5) is 0. The summed E-state index contributed by atoms with van der Waals surface area (Å²) in [6, 6.07) is 10.1. The van der Waals surface area contributed by atoms with Gasteiger partial charge in [-0.15, -0.1) is 0 Å². The van der Waals surface area contributed by atoms with Gasteiger partial charge in [0.1, 0.15) is 0 Å². The Kier molecular flexibility index (Phi) is 4.12. The molecule has 1 fully saturated rings. The van der Waals surface area contributed by atoms with Crippen LogP contribution in [0.1, 0.15) is 19.4 Å². The van der Waals surface area contributed by atoms with Gasteiger partial charge >= 0.3 is 108 Å². The van der Waals surface area contributed by atoms with Gasteiger partial charge in [-0.2, -0.15) is 0 Å². The minimum atomic E-state index is -2.80. The first kappa shape index (κ1) is 13.3. The van der Waals surface area contributed by atoms with Crippen molar-refractivity contribution < 1.29 is 13.6 Å². The predicted molar refractivity (Wildman–Crippen MR) is 69.2 cm³/mol. The van der Waals surface area contributed by atoms with Gasteiger partial charge in [0.25, 0.3) is 0 Å². The van der Waals surface area contributed by atoms with Crippen molar-refractivity contribution in [3.63, 3.8) is 0 Å². The molecule has 94 valence electrons. The molecule has 1 aliphatic rings. The number of rotatable bonds is 3. The van der Waals surface area contributed by atoms with Gasteiger partial charge in [-0.3, -0.25) is 0 Å². The second-order valence-corrected chi connectivity index (χ2v) is 11.6. The molecule has 0 aromatic heterocycles. The fourth-order valence-electron chi connectivity index (χ4n) is 1.39. The molecule has 1 heterocycles. The van der Waals surface area contributed by atoms with E-state index < -0.39 is 6.29 Å². The van der Waals surface area contributed by atoms with Crippen LogP contribution in [0.15, 0.2) is 30.3 Å². The van der Waals surface area contributed by atoms with Gasteiger partial charge in [-0.25, -0.2) is 0 Å². The van der Waals surface area contributed by atoms with Crippen molar-refractivity contribution in [1.82, 2.24) is 0 Å². The zero-order chi connectivity index (χ0) is 12.4. The SMILES string of the molecule is CC1(C)COP(=O)([Se]Cc2ccccc2)OC1. The molecule has 0 unspecified atom stereocenters. The van der Waals surface area contributed by atoms with Crippen molar-refractivity contribution >= 4 is 20.8 Å². The molecule has 3 nitrogen and oxygen atoms in total. The minimum absolute atomic E-state index is 0.0171. The molecule has 17 heavy (non-hydrogen) atoms. The predicted octanol–water partition coefficient (Wildman–Crippen LogP) is 3.07. The van der Waals surface area contributed by atoms with Crippen molar-refractivity contribution in [2.45, 2.75) is 19.2 Å². The van der Waals surface area contributed by atoms with E-state index in [0.717, 1.165) is 5.32 Å². The Hall–Kier alpha value is -0.111. The van der Waals surface area contributed by atoms with Crippen molar-refractivity contribution in [3.8, 4) is 0 Å². The zero-order valence-electron chi connectivity index (χ0n) is 10.1. The van der Waals surface area contributed by atoms with Crippen molar-refractivity contribution in [2.75, 3.05) is 13.2 Å². The third kappa shape index (κ3) is 3.94. The van der Waals surface area contributed by atoms with Crippen LogP contribution in [0.3, 0.4) is 0 Å². The monoisotopic (exact) mass is 320 g/mol. The Bertz CT molecular complexity index is 405. The first-order valence-corrected chi connectivity index (χ1v) is 10.5. The van der Waals surface area contributed by atoms with Gasteiger partial charge in [0.2, 0.25) is 0 Å². The molecule has 0 radical (unpaired) electrons. The molecular weight excluding hydrogens is 302 g/mol. The van der Waals surface area contributed by atoms with Crippen molar-refractivity contribution in [1.29, 1.82) is 0 Å². The Balaban J connectivity index is 1.90. The Labute approximate surface area is 108 Å². The van der Waals surface area contributed by atoms with E-state index in [9.17, 15) is 4.57 Å². The molecular formula is C12H17O3PSe. The van der Waals surface area contributed by atoms with Crippen LogP contribution in [0.2, 0.25) is 0 Å². The molecule has 1 aromatic carbocycles. The number of hydrogen-bond donors (Lipinski definition) is 0. The fourth-order valence-corrected chi connectivity index (χ4v) is 6.87. The number of hydrogen-bond acceptors (Lipinski definition) is 3. The summed E-state index contributed by atoms with van der Waals surface area (Å²) in [6.07, 6.45) is -2.80. The molecule has 1 aliphatic heterocycles. The van der Waals surface area contributed by atoms with Gasteiger partial charge in [-0.05, 0) is 0 Å². The normalized spacial score (nSPS) is 22.2. The molecule has 0 N–H and O–H groups in total. The van der Waals surface area contributed by atoms with Gasteiger partial charge in [0.05, 0.1) is 0 Å². The van der Waals surface area contributed by atoms with Gasteiger partial charge < -0.3 is 0 Å². The Morgan fingerprint density at radius 3 is 2.41 bits per heavy atom. The van der Waals surface area contributed by atoms with Gasteiger partial charge in [0, 0.05) is 0 Å². The summed E-state index contributed by atoms with van der Waals surface area (Å²) in [5.41, 5.74) is 1.18. The second-order valence-electron chi connectivity index (χ2n) is 4.92. The molecule has 0 aliphatic carbocycles. The van der Waals surface area contributed by atoms with Gasteiger partial charge in [-0.1, -0.05) is 0 Å². The van der Waals surface area contributed by atoms with E-state index in [1.165, 1.54) is 5.56 Å². The fraction of sp³-hybridized carbons (Fsp3) is 0.500. The average Bonchev–Trinajstić information content (AvgIpc) is 2.33. The summed E-state index contributed by atoms with van der Waals surface area (Å²) in [5.74, 6) is 0. The summed E-state index contributed by atoms with van der Waals surface area (Å²) in [5, 5.41) is 0.797. The van der Waals surface area contributed by atoms with E-state index >= 15 is 0 Å². The van der Waals surface area contributed by atoms with E-state index in [4.69, 9.17) is 9.05 Å². The Morgan fingerprint density at radius 2 is 1.82 bits per heavy atom. The first-order chi connectivity index (χ1) is 7.99. The molecule has 0 saturated carbocycles. The van der Waals surface area contributed by atoms with Crippen LogP contribution >= 0.6 is 6.29 Å². The summed E-state index contributed by atoms with van der Waals surface area (Å²) in [6.45, 7) is 5.17. The standard InChI is InChI=1S/C12H17O3PSe/c1-12(2)9-14-16(13,15-10-12)17-8-11-6-4-3-5-7-11/h3-7H,8-10H2,1-2H3. The van der Waals surface area contributed by atoms with Crippen LogP contribution in [0.25, 0.3) is 0 Å². The van der Waals surface area contributed by atoms with Crippen LogP contribution in [0, 0.1) is 5.41 Å². The maximum atomic E-state index is 12.3. The van der Waals surface area contributed by atoms with Crippen LogP contribution < -0.4 is 0 Å². The summed E-state index contributed by atoms with van der Waals surface area (Å²) >= 11 is -0.134. The van der Waals surface area contributed by atoms with Crippen LogP contribution in [0.4, 0.5) is 0 Å². The summed E-state index contributed by atoms with van der Waals surface area (Å²) < 4.78 is 23.2. The van der Waals surface area contributed by atoms with Crippen molar-refractivity contribution in [3.05, 3.63) is 35.9 Å². The molecule has 1 aromatic rings. The van der Waals surface area contributed by atoms with Crippen LogP contribution in [-0.2, 0) is 18.9 Å². The number of benzene rings is 1. The van der Waals surface area contributed by atoms with E-state index in [0.29, 0.717) is 13.2 Å². The average molecular weight is 319 g/mol. The molecule has 0 atom stereocenters. The van der Waals surface area contributed by atoms with Crippen LogP contribution in [0.5, 0.6) is 0 Å². The first-order valence-electron chi connectivity index (χ1n) is 5.57. The topological polar surface area (TPSA) is 35.5 Å². The van der Waals surface area contributed by atoms with E-state index in [-0.39, 0.29) is 19.9 Å². The summed E-state index contributed by atoms with van der Waals surface area (Å²) in [7, 11) is 0.